The van der Waals surface area contributed by atoms with Crippen LogP contribution < -0.4 is 5.32 Å². The fourth-order valence-corrected chi connectivity index (χ4v) is 2.20. The highest BCUT2D eigenvalue weighted by Gasteiger charge is 2.21. The zero-order chi connectivity index (χ0) is 17.0. The largest absolute Gasteiger partial charge is 0.480 e. The SMILES string of the molecule is C[C@H](NC(=O)[C@H](C)c1ccc(-c2ccccc2)c(F)c1)C(=O)O. The molecule has 0 aliphatic heterocycles. The highest BCUT2D eigenvalue weighted by Crippen LogP contribution is 2.26. The Labute approximate surface area is 134 Å². The molecule has 2 rings (SSSR count). The molecule has 1 amide bonds. The third kappa shape index (κ3) is 3.94. The van der Waals surface area contributed by atoms with Crippen LogP contribution in [0.4, 0.5) is 4.39 Å². The molecule has 2 N–H and O–H groups in total. The van der Waals surface area contributed by atoms with Crippen molar-refractivity contribution < 1.29 is 19.1 Å². The third-order valence-corrected chi connectivity index (χ3v) is 3.70. The van der Waals surface area contributed by atoms with E-state index >= 15 is 0 Å². The van der Waals surface area contributed by atoms with Gasteiger partial charge < -0.3 is 10.4 Å². The molecule has 0 aromatic heterocycles. The van der Waals surface area contributed by atoms with E-state index in [1.807, 2.05) is 30.3 Å². The molecule has 0 radical (unpaired) electrons. The highest BCUT2D eigenvalue weighted by molar-refractivity contribution is 5.87. The summed E-state index contributed by atoms with van der Waals surface area (Å²) in [6, 6.07) is 12.8. The number of benzene rings is 2. The topological polar surface area (TPSA) is 66.4 Å². The minimum Gasteiger partial charge on any atom is -0.480 e. The molecule has 0 heterocycles. The van der Waals surface area contributed by atoms with Crippen LogP contribution in [0.1, 0.15) is 25.3 Å². The molecule has 0 saturated carbocycles. The second-order valence-electron chi connectivity index (χ2n) is 5.40. The summed E-state index contributed by atoms with van der Waals surface area (Å²) in [6.45, 7) is 2.99. The van der Waals surface area contributed by atoms with Crippen LogP contribution in [-0.2, 0) is 9.59 Å². The fraction of sp³-hybridized carbons (Fsp3) is 0.222. The number of rotatable bonds is 5. The summed E-state index contributed by atoms with van der Waals surface area (Å²) >= 11 is 0. The first-order chi connectivity index (χ1) is 10.9. The molecule has 2 aromatic carbocycles. The number of carboxylic acid groups (broad SMARTS) is 1. The normalized spacial score (nSPS) is 13.2. The van der Waals surface area contributed by atoms with E-state index < -0.39 is 29.7 Å². The van der Waals surface area contributed by atoms with Gasteiger partial charge in [0, 0.05) is 5.56 Å². The Hall–Kier alpha value is -2.69. The Kier molecular flexibility index (Phi) is 5.11. The number of carbonyl (C=O) groups is 2. The Morgan fingerprint density at radius 2 is 1.74 bits per heavy atom. The van der Waals surface area contributed by atoms with Crippen LogP contribution in [0.3, 0.4) is 0 Å². The van der Waals surface area contributed by atoms with Crippen molar-refractivity contribution in [2.75, 3.05) is 0 Å². The Morgan fingerprint density at radius 1 is 1.09 bits per heavy atom. The lowest BCUT2D eigenvalue weighted by Gasteiger charge is -2.16. The van der Waals surface area contributed by atoms with Crippen molar-refractivity contribution in [3.8, 4) is 11.1 Å². The summed E-state index contributed by atoms with van der Waals surface area (Å²) in [5, 5.41) is 11.2. The van der Waals surface area contributed by atoms with Crippen LogP contribution >= 0.6 is 0 Å². The average Bonchev–Trinajstić information content (AvgIpc) is 2.54. The maximum Gasteiger partial charge on any atom is 0.325 e. The highest BCUT2D eigenvalue weighted by atomic mass is 19.1. The molecule has 0 unspecified atom stereocenters. The van der Waals surface area contributed by atoms with E-state index in [1.165, 1.54) is 13.0 Å². The van der Waals surface area contributed by atoms with Crippen molar-refractivity contribution in [3.63, 3.8) is 0 Å². The molecule has 2 aromatic rings. The van der Waals surface area contributed by atoms with Crippen molar-refractivity contribution in [2.24, 2.45) is 0 Å². The Bertz CT molecular complexity index is 715. The van der Waals surface area contributed by atoms with Gasteiger partial charge in [0.1, 0.15) is 11.9 Å². The lowest BCUT2D eigenvalue weighted by Crippen LogP contribution is -2.40. The monoisotopic (exact) mass is 315 g/mol. The molecule has 0 aliphatic rings. The van der Waals surface area contributed by atoms with Crippen molar-refractivity contribution in [2.45, 2.75) is 25.8 Å². The van der Waals surface area contributed by atoms with Crippen molar-refractivity contribution >= 4 is 11.9 Å². The van der Waals surface area contributed by atoms with E-state index in [9.17, 15) is 14.0 Å². The van der Waals surface area contributed by atoms with Crippen LogP contribution in [0, 0.1) is 5.82 Å². The Balaban J connectivity index is 2.20. The van der Waals surface area contributed by atoms with Gasteiger partial charge in [-0.3, -0.25) is 9.59 Å². The number of hydrogen-bond donors (Lipinski definition) is 2. The minimum absolute atomic E-state index is 0.417. The summed E-state index contributed by atoms with van der Waals surface area (Å²) < 4.78 is 14.3. The number of amides is 1. The maximum atomic E-state index is 14.3. The molecule has 23 heavy (non-hydrogen) atoms. The number of aliphatic carboxylic acids is 1. The van der Waals surface area contributed by atoms with E-state index in [1.54, 1.807) is 19.1 Å². The second kappa shape index (κ2) is 7.05. The van der Waals surface area contributed by atoms with E-state index in [0.29, 0.717) is 11.1 Å². The molecule has 4 nitrogen and oxygen atoms in total. The van der Waals surface area contributed by atoms with E-state index in [4.69, 9.17) is 5.11 Å². The smallest absolute Gasteiger partial charge is 0.325 e. The number of hydrogen-bond acceptors (Lipinski definition) is 2. The van der Waals surface area contributed by atoms with Gasteiger partial charge in [-0.05, 0) is 31.0 Å². The second-order valence-corrected chi connectivity index (χ2v) is 5.40. The van der Waals surface area contributed by atoms with Crippen LogP contribution in [0.15, 0.2) is 48.5 Å². The summed E-state index contributed by atoms with van der Waals surface area (Å²) in [6.07, 6.45) is 0. The lowest BCUT2D eigenvalue weighted by atomic mass is 9.96. The van der Waals surface area contributed by atoms with Crippen molar-refractivity contribution in [3.05, 3.63) is 59.9 Å². The summed E-state index contributed by atoms with van der Waals surface area (Å²) in [4.78, 5) is 22.8. The van der Waals surface area contributed by atoms with E-state index in [2.05, 4.69) is 5.32 Å². The third-order valence-electron chi connectivity index (χ3n) is 3.70. The number of carbonyl (C=O) groups excluding carboxylic acids is 1. The van der Waals surface area contributed by atoms with Gasteiger partial charge in [-0.1, -0.05) is 42.5 Å². The van der Waals surface area contributed by atoms with Gasteiger partial charge in [-0.15, -0.1) is 0 Å². The van der Waals surface area contributed by atoms with Gasteiger partial charge in [0.25, 0.3) is 0 Å². The lowest BCUT2D eigenvalue weighted by molar-refractivity contribution is -0.141. The summed E-state index contributed by atoms with van der Waals surface area (Å²) in [7, 11) is 0. The van der Waals surface area contributed by atoms with Crippen LogP contribution in [0.2, 0.25) is 0 Å². The van der Waals surface area contributed by atoms with Crippen molar-refractivity contribution in [1.29, 1.82) is 0 Å². The molecule has 0 saturated heterocycles. The van der Waals surface area contributed by atoms with Gasteiger partial charge in [0.15, 0.2) is 0 Å². The first kappa shape index (κ1) is 16.7. The molecule has 0 spiro atoms. The van der Waals surface area contributed by atoms with Gasteiger partial charge >= 0.3 is 5.97 Å². The Morgan fingerprint density at radius 3 is 2.30 bits per heavy atom. The molecule has 0 aliphatic carbocycles. The standard InChI is InChI=1S/C18H18FNO3/c1-11(17(21)20-12(2)18(22)23)14-8-9-15(16(19)10-14)13-6-4-3-5-7-13/h3-12H,1-2H3,(H,20,21)(H,22,23)/t11-,12+/m1/s1. The van der Waals surface area contributed by atoms with Crippen LogP contribution in [0.25, 0.3) is 11.1 Å². The molecular formula is C18H18FNO3. The molecule has 120 valence electrons. The van der Waals surface area contributed by atoms with Gasteiger partial charge in [0.2, 0.25) is 5.91 Å². The molecule has 5 heteroatoms. The first-order valence-electron chi connectivity index (χ1n) is 7.28. The average molecular weight is 315 g/mol. The van der Waals surface area contributed by atoms with Crippen molar-refractivity contribution in [1.82, 2.24) is 5.32 Å². The minimum atomic E-state index is -1.11. The molecule has 2 atom stereocenters. The number of carboxylic acids is 1. The van der Waals surface area contributed by atoms with Gasteiger partial charge in [-0.25, -0.2) is 4.39 Å². The van der Waals surface area contributed by atoms with Crippen LogP contribution in [-0.4, -0.2) is 23.0 Å². The summed E-state index contributed by atoms with van der Waals surface area (Å²) in [5.41, 5.74) is 1.71. The molecular weight excluding hydrogens is 297 g/mol. The van der Waals surface area contributed by atoms with E-state index in [-0.39, 0.29) is 0 Å². The quantitative estimate of drug-likeness (QED) is 0.890. The predicted molar refractivity (Wildman–Crippen MR) is 85.5 cm³/mol. The zero-order valence-corrected chi connectivity index (χ0v) is 12.9. The summed E-state index contributed by atoms with van der Waals surface area (Å²) in [5.74, 6) is -2.63. The maximum absolute atomic E-state index is 14.3. The molecule has 0 bridgehead atoms. The van der Waals surface area contributed by atoms with Crippen LogP contribution in [0.5, 0.6) is 0 Å². The zero-order valence-electron chi connectivity index (χ0n) is 12.9. The first-order valence-corrected chi connectivity index (χ1v) is 7.28. The fourth-order valence-electron chi connectivity index (χ4n) is 2.20. The van der Waals surface area contributed by atoms with E-state index in [0.717, 1.165) is 5.56 Å². The predicted octanol–water partition coefficient (Wildman–Crippen LogP) is 3.19. The van der Waals surface area contributed by atoms with Gasteiger partial charge in [0.05, 0.1) is 5.92 Å². The number of nitrogens with one attached hydrogen (secondary N) is 1. The van der Waals surface area contributed by atoms with Gasteiger partial charge in [-0.2, -0.15) is 0 Å². The molecule has 0 fully saturated rings. The number of halogens is 1.